The van der Waals surface area contributed by atoms with Gasteiger partial charge in [-0.1, -0.05) is 21.6 Å². The lowest BCUT2D eigenvalue weighted by Gasteiger charge is -2.30. The molecule has 0 saturated heterocycles. The molecule has 2 aromatic rings. The molecule has 0 radical (unpaired) electrons. The van der Waals surface area contributed by atoms with E-state index in [1.807, 2.05) is 0 Å². The van der Waals surface area contributed by atoms with Crippen LogP contribution in [0.5, 0.6) is 28.7 Å². The Balaban J connectivity index is 1.88. The number of methoxy groups -OCH3 is 2. The van der Waals surface area contributed by atoms with Gasteiger partial charge in [-0.3, -0.25) is 0 Å². The zero-order chi connectivity index (χ0) is 27.7. The summed E-state index contributed by atoms with van der Waals surface area (Å²) in [5, 5.41) is 61.6. The van der Waals surface area contributed by atoms with Crippen molar-refractivity contribution in [3.05, 3.63) is 41.0 Å². The van der Waals surface area contributed by atoms with Crippen LogP contribution in [0.4, 0.5) is 0 Å². The van der Waals surface area contributed by atoms with Crippen LogP contribution in [0.2, 0.25) is 0 Å². The standard InChI is InChI=1S/C26H36O10S2/c1-33-23-9-16-3-4-18(35-13-27)10-20(29)19(22(31)12-38-37-11-17(16)8-21(23)30)5-15-6-24(34-2)26(32)25(7-15)36-14-28/h6-9,18-20,22,27-32H,3-5,10-14H2,1-2H3/t18-,19-,20+,22-/m0/s1. The smallest absolute Gasteiger partial charge is 0.200 e. The van der Waals surface area contributed by atoms with Gasteiger partial charge in [0, 0.05) is 17.4 Å². The second-order valence-corrected chi connectivity index (χ2v) is 11.5. The molecule has 6 N–H and O–H groups in total. The Hall–Kier alpha value is -2.06. The van der Waals surface area contributed by atoms with E-state index in [1.54, 1.807) is 18.2 Å². The number of hydrogen-bond donors (Lipinski definition) is 6. The Morgan fingerprint density at radius 1 is 0.868 bits per heavy atom. The number of aliphatic hydroxyl groups is 4. The Kier molecular flexibility index (Phi) is 12.0. The number of aromatic hydroxyl groups is 2. The third kappa shape index (κ3) is 7.98. The molecule has 0 bridgehead atoms. The SMILES string of the molecule is COc1cc2c(cc1O)CSSC[C@H](O)[C@@H](Cc1cc(OC)c(O)c(OCO)c1)[C@H](O)C[C@@H](OCO)CC2. The number of aliphatic hydroxyl groups excluding tert-OH is 4. The molecule has 1 heterocycles. The fourth-order valence-corrected chi connectivity index (χ4v) is 6.86. The Labute approximate surface area is 229 Å². The molecule has 2 aromatic carbocycles. The maximum atomic E-state index is 11.3. The van der Waals surface area contributed by atoms with Crippen molar-refractivity contribution >= 4 is 21.6 Å². The van der Waals surface area contributed by atoms with Crippen molar-refractivity contribution in [2.45, 2.75) is 49.7 Å². The highest BCUT2D eigenvalue weighted by Gasteiger charge is 2.31. The molecule has 10 nitrogen and oxygen atoms in total. The zero-order valence-electron chi connectivity index (χ0n) is 21.4. The largest absolute Gasteiger partial charge is 0.504 e. The third-order valence-corrected chi connectivity index (χ3v) is 8.92. The summed E-state index contributed by atoms with van der Waals surface area (Å²) in [5.41, 5.74) is 2.53. The normalized spacial score (nSPS) is 22.9. The molecule has 0 spiro atoms. The van der Waals surface area contributed by atoms with E-state index in [0.29, 0.717) is 35.7 Å². The van der Waals surface area contributed by atoms with Gasteiger partial charge < -0.3 is 49.6 Å². The zero-order valence-corrected chi connectivity index (χ0v) is 23.0. The number of hydrogen-bond acceptors (Lipinski definition) is 12. The Morgan fingerprint density at radius 3 is 2.29 bits per heavy atom. The summed E-state index contributed by atoms with van der Waals surface area (Å²) in [5.74, 6) is 0.623. The lowest BCUT2D eigenvalue weighted by Crippen LogP contribution is -2.38. The quantitative estimate of drug-likeness (QED) is 0.203. The van der Waals surface area contributed by atoms with E-state index in [1.165, 1.54) is 41.9 Å². The molecular formula is C26H36O10S2. The molecular weight excluding hydrogens is 536 g/mol. The summed E-state index contributed by atoms with van der Waals surface area (Å²) in [6, 6.07) is 6.61. The average molecular weight is 573 g/mol. The van der Waals surface area contributed by atoms with Gasteiger partial charge in [0.1, 0.15) is 6.79 Å². The van der Waals surface area contributed by atoms with Crippen LogP contribution >= 0.6 is 21.6 Å². The van der Waals surface area contributed by atoms with Gasteiger partial charge in [0.2, 0.25) is 5.75 Å². The second kappa shape index (κ2) is 14.9. The predicted octanol–water partition coefficient (Wildman–Crippen LogP) is 2.58. The first-order chi connectivity index (χ1) is 18.3. The second-order valence-electron chi connectivity index (χ2n) is 8.95. The van der Waals surface area contributed by atoms with E-state index in [0.717, 1.165) is 11.1 Å². The van der Waals surface area contributed by atoms with Gasteiger partial charge in [0.15, 0.2) is 29.8 Å². The topological polar surface area (TPSA) is 158 Å². The number of aryl methyl sites for hydroxylation is 1. The molecule has 38 heavy (non-hydrogen) atoms. The maximum Gasteiger partial charge on any atom is 0.200 e. The Morgan fingerprint density at radius 2 is 1.61 bits per heavy atom. The molecule has 1 aliphatic heterocycles. The van der Waals surface area contributed by atoms with Crippen molar-refractivity contribution < 1.29 is 49.6 Å². The van der Waals surface area contributed by atoms with Crippen molar-refractivity contribution in [3.63, 3.8) is 0 Å². The summed E-state index contributed by atoms with van der Waals surface area (Å²) in [6.07, 6.45) is -0.934. The Bertz CT molecular complexity index is 1040. The van der Waals surface area contributed by atoms with Gasteiger partial charge in [-0.05, 0) is 66.6 Å². The van der Waals surface area contributed by atoms with Crippen molar-refractivity contribution in [1.29, 1.82) is 0 Å². The van der Waals surface area contributed by atoms with E-state index in [9.17, 15) is 30.6 Å². The molecule has 4 atom stereocenters. The summed E-state index contributed by atoms with van der Waals surface area (Å²) < 4.78 is 21.2. The van der Waals surface area contributed by atoms with Crippen LogP contribution in [-0.2, 0) is 23.3 Å². The van der Waals surface area contributed by atoms with Gasteiger partial charge in [-0.25, -0.2) is 0 Å². The van der Waals surface area contributed by atoms with Crippen LogP contribution in [0, 0.1) is 5.92 Å². The van der Waals surface area contributed by atoms with Gasteiger partial charge >= 0.3 is 0 Å². The monoisotopic (exact) mass is 572 g/mol. The van der Waals surface area contributed by atoms with Crippen LogP contribution < -0.4 is 14.2 Å². The molecule has 0 aromatic heterocycles. The van der Waals surface area contributed by atoms with Gasteiger partial charge in [0.05, 0.1) is 32.5 Å². The first kappa shape index (κ1) is 30.5. The maximum absolute atomic E-state index is 11.3. The minimum Gasteiger partial charge on any atom is -0.504 e. The summed E-state index contributed by atoms with van der Waals surface area (Å²) in [4.78, 5) is 0. The molecule has 1 aliphatic rings. The molecule has 12 heteroatoms. The van der Waals surface area contributed by atoms with Crippen LogP contribution in [0.3, 0.4) is 0 Å². The van der Waals surface area contributed by atoms with E-state index < -0.39 is 37.8 Å². The summed E-state index contributed by atoms with van der Waals surface area (Å²) in [7, 11) is 5.87. The lowest BCUT2D eigenvalue weighted by molar-refractivity contribution is -0.0808. The van der Waals surface area contributed by atoms with Crippen LogP contribution in [0.25, 0.3) is 0 Å². The molecule has 212 valence electrons. The minimum atomic E-state index is -0.983. The number of phenols is 2. The van der Waals surface area contributed by atoms with E-state index in [2.05, 4.69) is 0 Å². The lowest BCUT2D eigenvalue weighted by atomic mass is 9.86. The highest BCUT2D eigenvalue weighted by molar-refractivity contribution is 8.76. The fourth-order valence-electron chi connectivity index (χ4n) is 4.56. The molecule has 0 aliphatic carbocycles. The molecule has 0 fully saturated rings. The van der Waals surface area contributed by atoms with Crippen LogP contribution in [0.15, 0.2) is 24.3 Å². The average Bonchev–Trinajstić information content (AvgIpc) is 2.90. The van der Waals surface area contributed by atoms with E-state index in [4.69, 9.17) is 18.9 Å². The van der Waals surface area contributed by atoms with Gasteiger partial charge in [-0.15, -0.1) is 0 Å². The highest BCUT2D eigenvalue weighted by Crippen LogP contribution is 2.40. The van der Waals surface area contributed by atoms with Crippen molar-refractivity contribution in [2.24, 2.45) is 5.92 Å². The van der Waals surface area contributed by atoms with Crippen molar-refractivity contribution in [2.75, 3.05) is 33.6 Å². The molecule has 0 unspecified atom stereocenters. The number of phenolic OH excluding ortho intramolecular Hbond substituents is 2. The van der Waals surface area contributed by atoms with Gasteiger partial charge in [-0.2, -0.15) is 0 Å². The summed E-state index contributed by atoms with van der Waals surface area (Å²) >= 11 is 0. The number of ether oxygens (including phenoxy) is 4. The number of rotatable bonds is 8. The van der Waals surface area contributed by atoms with Crippen molar-refractivity contribution in [1.82, 2.24) is 0 Å². The van der Waals surface area contributed by atoms with Crippen molar-refractivity contribution in [3.8, 4) is 28.7 Å². The molecule has 0 amide bonds. The molecule has 3 rings (SSSR count). The van der Waals surface area contributed by atoms with E-state index >= 15 is 0 Å². The summed E-state index contributed by atoms with van der Waals surface area (Å²) in [6.45, 7) is -1.16. The third-order valence-electron chi connectivity index (χ3n) is 6.59. The van der Waals surface area contributed by atoms with Crippen LogP contribution in [-0.4, -0.2) is 82.5 Å². The number of fused-ring (bicyclic) bond motifs is 1. The van der Waals surface area contributed by atoms with Crippen LogP contribution in [0.1, 0.15) is 29.5 Å². The molecule has 0 saturated carbocycles. The van der Waals surface area contributed by atoms with Gasteiger partial charge in [0.25, 0.3) is 0 Å². The first-order valence-corrected chi connectivity index (χ1v) is 14.6. The predicted molar refractivity (Wildman–Crippen MR) is 145 cm³/mol. The van der Waals surface area contributed by atoms with E-state index in [-0.39, 0.29) is 35.8 Å². The highest BCUT2D eigenvalue weighted by atomic mass is 33.1. The number of benzene rings is 2. The fraction of sp³-hybridized carbons (Fsp3) is 0.538. The minimum absolute atomic E-state index is 0.0262. The first-order valence-electron chi connectivity index (χ1n) is 12.2.